The number of aromatic nitrogens is 2. The highest BCUT2D eigenvalue weighted by molar-refractivity contribution is 6.42. The van der Waals surface area contributed by atoms with E-state index in [2.05, 4.69) is 20.8 Å². The molecule has 0 saturated heterocycles. The third kappa shape index (κ3) is 5.16. The standard InChI is InChI=1S/C22H26Cl2N4O2/c23-17-7-6-13(8-18(17)24)9-21(29)25-16-10-15(11-16)19-12-20(28-27-19)26-22(30)14-4-2-1-3-5-14/h6-8,12,14-16H,1-5,9-11H2,(H,25,29)(H2,26,27,28,30). The van der Waals surface area contributed by atoms with E-state index in [-0.39, 0.29) is 30.2 Å². The number of carbonyl (C=O) groups excluding carboxylic acids is 2. The number of H-pyrrole nitrogens is 1. The summed E-state index contributed by atoms with van der Waals surface area (Å²) in [5, 5.41) is 14.2. The average Bonchev–Trinajstić information content (AvgIpc) is 3.15. The summed E-state index contributed by atoms with van der Waals surface area (Å²) < 4.78 is 0. The van der Waals surface area contributed by atoms with E-state index in [0.717, 1.165) is 49.8 Å². The van der Waals surface area contributed by atoms with Crippen LogP contribution in [0, 0.1) is 5.92 Å². The summed E-state index contributed by atoms with van der Waals surface area (Å²) >= 11 is 11.9. The molecule has 1 aromatic carbocycles. The van der Waals surface area contributed by atoms with E-state index in [1.807, 2.05) is 12.1 Å². The van der Waals surface area contributed by atoms with Crippen molar-refractivity contribution in [2.75, 3.05) is 5.32 Å². The van der Waals surface area contributed by atoms with Crippen molar-refractivity contribution in [3.63, 3.8) is 0 Å². The highest BCUT2D eigenvalue weighted by Gasteiger charge is 2.33. The van der Waals surface area contributed by atoms with Gasteiger partial charge in [0.05, 0.1) is 16.5 Å². The largest absolute Gasteiger partial charge is 0.353 e. The van der Waals surface area contributed by atoms with Crippen LogP contribution in [0.4, 0.5) is 5.82 Å². The van der Waals surface area contributed by atoms with Crippen LogP contribution < -0.4 is 10.6 Å². The normalized spacial score (nSPS) is 21.7. The fourth-order valence-electron chi connectivity index (χ4n) is 4.31. The molecule has 8 heteroatoms. The van der Waals surface area contributed by atoms with Crippen molar-refractivity contribution in [3.05, 3.63) is 45.6 Å². The maximum Gasteiger partial charge on any atom is 0.228 e. The number of anilines is 1. The molecular formula is C22H26Cl2N4O2. The second-order valence-electron chi connectivity index (χ2n) is 8.39. The Morgan fingerprint density at radius 3 is 2.57 bits per heavy atom. The molecule has 2 fully saturated rings. The van der Waals surface area contributed by atoms with Crippen LogP contribution in [0.15, 0.2) is 24.3 Å². The SMILES string of the molecule is O=C(Cc1ccc(Cl)c(Cl)c1)NC1CC(c2cc(NC(=O)C3CCCCC3)n[nH]2)C1. The molecule has 2 saturated carbocycles. The van der Waals surface area contributed by atoms with Gasteiger partial charge in [-0.3, -0.25) is 14.7 Å². The Balaban J connectivity index is 1.22. The zero-order valence-corrected chi connectivity index (χ0v) is 18.2. The number of aromatic amines is 1. The molecule has 2 aliphatic carbocycles. The second-order valence-corrected chi connectivity index (χ2v) is 9.21. The van der Waals surface area contributed by atoms with Gasteiger partial charge in [-0.1, -0.05) is 48.5 Å². The van der Waals surface area contributed by atoms with Crippen molar-refractivity contribution >= 4 is 40.8 Å². The molecule has 2 aromatic rings. The molecule has 0 bridgehead atoms. The Labute approximate surface area is 186 Å². The minimum absolute atomic E-state index is 0.0260. The fraction of sp³-hybridized carbons (Fsp3) is 0.500. The third-order valence-electron chi connectivity index (χ3n) is 6.12. The van der Waals surface area contributed by atoms with Crippen LogP contribution in [0.5, 0.6) is 0 Å². The van der Waals surface area contributed by atoms with Crippen molar-refractivity contribution in [2.24, 2.45) is 5.92 Å². The number of hydrogen-bond acceptors (Lipinski definition) is 3. The summed E-state index contributed by atoms with van der Waals surface area (Å²) in [6, 6.07) is 7.30. The van der Waals surface area contributed by atoms with E-state index in [9.17, 15) is 9.59 Å². The van der Waals surface area contributed by atoms with Crippen molar-refractivity contribution < 1.29 is 9.59 Å². The summed E-state index contributed by atoms with van der Waals surface area (Å²) in [6.45, 7) is 0. The Morgan fingerprint density at radius 2 is 1.83 bits per heavy atom. The van der Waals surface area contributed by atoms with Crippen molar-refractivity contribution in [1.29, 1.82) is 0 Å². The van der Waals surface area contributed by atoms with Gasteiger partial charge in [0.25, 0.3) is 0 Å². The third-order valence-corrected chi connectivity index (χ3v) is 6.86. The van der Waals surface area contributed by atoms with Gasteiger partial charge in [-0.25, -0.2) is 0 Å². The van der Waals surface area contributed by atoms with Gasteiger partial charge in [-0.05, 0) is 43.4 Å². The van der Waals surface area contributed by atoms with E-state index in [1.54, 1.807) is 12.1 Å². The van der Waals surface area contributed by atoms with Gasteiger partial charge in [0, 0.05) is 29.6 Å². The van der Waals surface area contributed by atoms with Crippen LogP contribution >= 0.6 is 23.2 Å². The molecule has 2 aliphatic rings. The summed E-state index contributed by atoms with van der Waals surface area (Å²) in [7, 11) is 0. The molecule has 0 radical (unpaired) electrons. The number of nitrogens with zero attached hydrogens (tertiary/aromatic N) is 1. The highest BCUT2D eigenvalue weighted by Crippen LogP contribution is 2.37. The summed E-state index contributed by atoms with van der Waals surface area (Å²) in [6.07, 6.45) is 7.40. The maximum absolute atomic E-state index is 12.4. The number of amides is 2. The van der Waals surface area contributed by atoms with Crippen LogP contribution in [-0.4, -0.2) is 28.1 Å². The van der Waals surface area contributed by atoms with Crippen molar-refractivity contribution in [2.45, 2.75) is 63.3 Å². The van der Waals surface area contributed by atoms with Crippen molar-refractivity contribution in [1.82, 2.24) is 15.5 Å². The van der Waals surface area contributed by atoms with E-state index in [0.29, 0.717) is 21.8 Å². The van der Waals surface area contributed by atoms with Gasteiger partial charge < -0.3 is 10.6 Å². The minimum Gasteiger partial charge on any atom is -0.353 e. The Kier molecular flexibility index (Phi) is 6.64. The highest BCUT2D eigenvalue weighted by atomic mass is 35.5. The fourth-order valence-corrected chi connectivity index (χ4v) is 4.63. The van der Waals surface area contributed by atoms with Crippen LogP contribution in [0.2, 0.25) is 10.0 Å². The Bertz CT molecular complexity index is 918. The van der Waals surface area contributed by atoms with Crippen LogP contribution in [0.1, 0.15) is 62.1 Å². The summed E-state index contributed by atoms with van der Waals surface area (Å²) in [4.78, 5) is 24.6. The quantitative estimate of drug-likeness (QED) is 0.590. The lowest BCUT2D eigenvalue weighted by atomic mass is 9.78. The first-order valence-electron chi connectivity index (χ1n) is 10.6. The summed E-state index contributed by atoms with van der Waals surface area (Å²) in [5.41, 5.74) is 1.84. The number of rotatable bonds is 6. The first kappa shape index (κ1) is 21.2. The molecule has 1 aromatic heterocycles. The molecule has 0 aliphatic heterocycles. The molecule has 1 heterocycles. The lowest BCUT2D eigenvalue weighted by Crippen LogP contribution is -2.44. The predicted molar refractivity (Wildman–Crippen MR) is 118 cm³/mol. The van der Waals surface area contributed by atoms with Gasteiger partial charge in [0.1, 0.15) is 0 Å². The lowest BCUT2D eigenvalue weighted by Gasteiger charge is -2.35. The van der Waals surface area contributed by atoms with E-state index in [4.69, 9.17) is 23.2 Å². The molecule has 3 N–H and O–H groups in total. The predicted octanol–water partition coefficient (Wildman–Crippen LogP) is 4.84. The molecule has 6 nitrogen and oxygen atoms in total. The monoisotopic (exact) mass is 448 g/mol. The molecule has 0 atom stereocenters. The van der Waals surface area contributed by atoms with E-state index >= 15 is 0 Å². The van der Waals surface area contributed by atoms with E-state index < -0.39 is 0 Å². The molecule has 160 valence electrons. The van der Waals surface area contributed by atoms with Crippen molar-refractivity contribution in [3.8, 4) is 0 Å². The summed E-state index contributed by atoms with van der Waals surface area (Å²) in [5.74, 6) is 1.06. The number of benzene rings is 1. The number of carbonyl (C=O) groups is 2. The molecule has 2 amide bonds. The smallest absolute Gasteiger partial charge is 0.228 e. The van der Waals surface area contributed by atoms with E-state index in [1.165, 1.54) is 6.42 Å². The van der Waals surface area contributed by atoms with Gasteiger partial charge >= 0.3 is 0 Å². The van der Waals surface area contributed by atoms with Crippen LogP contribution in [0.25, 0.3) is 0 Å². The lowest BCUT2D eigenvalue weighted by molar-refractivity contribution is -0.122. The van der Waals surface area contributed by atoms with Gasteiger partial charge in [0.15, 0.2) is 5.82 Å². The molecule has 30 heavy (non-hydrogen) atoms. The van der Waals surface area contributed by atoms with Crippen LogP contribution in [0.3, 0.4) is 0 Å². The first-order chi connectivity index (χ1) is 14.5. The molecule has 4 rings (SSSR count). The number of hydrogen-bond donors (Lipinski definition) is 3. The zero-order chi connectivity index (χ0) is 21.1. The van der Waals surface area contributed by atoms with Gasteiger partial charge in [-0.2, -0.15) is 5.10 Å². The van der Waals surface area contributed by atoms with Crippen LogP contribution in [-0.2, 0) is 16.0 Å². The maximum atomic E-state index is 12.4. The topological polar surface area (TPSA) is 86.9 Å². The second kappa shape index (κ2) is 9.40. The first-order valence-corrected chi connectivity index (χ1v) is 11.3. The molecule has 0 spiro atoms. The number of nitrogens with one attached hydrogen (secondary N) is 3. The minimum atomic E-state index is -0.0260. The zero-order valence-electron chi connectivity index (χ0n) is 16.7. The Hall–Kier alpha value is -2.05. The number of halogens is 2. The Morgan fingerprint density at radius 1 is 1.07 bits per heavy atom. The molecular weight excluding hydrogens is 423 g/mol. The average molecular weight is 449 g/mol. The van der Waals surface area contributed by atoms with Gasteiger partial charge in [-0.15, -0.1) is 0 Å². The molecule has 0 unspecified atom stereocenters. The van der Waals surface area contributed by atoms with Gasteiger partial charge in [0.2, 0.25) is 11.8 Å².